The van der Waals surface area contributed by atoms with E-state index in [2.05, 4.69) is 19.4 Å². The zero-order valence-corrected chi connectivity index (χ0v) is 13.3. The van der Waals surface area contributed by atoms with Gasteiger partial charge in [0.1, 0.15) is 11.3 Å². The third-order valence-electron chi connectivity index (χ3n) is 4.84. The maximum Gasteiger partial charge on any atom is 0.160 e. The first-order valence-electron chi connectivity index (χ1n) is 7.60. The van der Waals surface area contributed by atoms with Crippen LogP contribution in [-0.2, 0) is 5.88 Å². The largest absolute Gasteiger partial charge is 0.307 e. The molecule has 2 fully saturated rings. The molecule has 0 saturated carbocycles. The van der Waals surface area contributed by atoms with E-state index < -0.39 is 0 Å². The van der Waals surface area contributed by atoms with E-state index in [1.807, 2.05) is 6.07 Å². The molecule has 4 rings (SSSR count). The molecule has 4 nitrogen and oxygen atoms in total. The quantitative estimate of drug-likeness (QED) is 0.791. The molecule has 2 saturated heterocycles. The number of pyridine rings is 1. The summed E-state index contributed by atoms with van der Waals surface area (Å²) in [6.45, 7) is 2.40. The van der Waals surface area contributed by atoms with Crippen molar-refractivity contribution in [3.8, 4) is 0 Å². The lowest BCUT2D eigenvalue weighted by Gasteiger charge is -2.33. The van der Waals surface area contributed by atoms with Crippen LogP contribution in [0.25, 0.3) is 11.2 Å². The highest BCUT2D eigenvalue weighted by molar-refractivity contribution is 6.31. The average Bonchev–Trinajstić information content (AvgIpc) is 3.07. The second kappa shape index (κ2) is 5.41. The van der Waals surface area contributed by atoms with Gasteiger partial charge in [-0.1, -0.05) is 18.0 Å². The van der Waals surface area contributed by atoms with E-state index in [4.69, 9.17) is 23.2 Å². The summed E-state index contributed by atoms with van der Waals surface area (Å²) in [6, 6.07) is 2.93. The molecule has 0 aliphatic carbocycles. The summed E-state index contributed by atoms with van der Waals surface area (Å²) in [7, 11) is 0. The molecule has 2 aromatic heterocycles. The van der Waals surface area contributed by atoms with Crippen molar-refractivity contribution in [2.24, 2.45) is 0 Å². The summed E-state index contributed by atoms with van der Waals surface area (Å²) >= 11 is 12.2. The minimum Gasteiger partial charge on any atom is -0.307 e. The molecule has 2 atom stereocenters. The molecule has 2 unspecified atom stereocenters. The molecule has 0 N–H and O–H groups in total. The number of alkyl halides is 1. The van der Waals surface area contributed by atoms with Crippen LogP contribution >= 0.6 is 23.2 Å². The lowest BCUT2D eigenvalue weighted by Crippen LogP contribution is -2.38. The Morgan fingerprint density at radius 2 is 2.10 bits per heavy atom. The van der Waals surface area contributed by atoms with E-state index in [0.29, 0.717) is 23.0 Å². The monoisotopic (exact) mass is 324 g/mol. The topological polar surface area (TPSA) is 34.0 Å². The molecule has 0 spiro atoms. The van der Waals surface area contributed by atoms with Gasteiger partial charge in [0.15, 0.2) is 5.65 Å². The summed E-state index contributed by atoms with van der Waals surface area (Å²) in [5.41, 5.74) is 1.78. The molecule has 2 aromatic rings. The summed E-state index contributed by atoms with van der Waals surface area (Å²) in [4.78, 5) is 11.8. The maximum absolute atomic E-state index is 6.14. The van der Waals surface area contributed by atoms with Crippen LogP contribution in [-0.4, -0.2) is 38.6 Å². The van der Waals surface area contributed by atoms with Gasteiger partial charge in [-0.15, -0.1) is 11.6 Å². The number of halogens is 2. The van der Waals surface area contributed by atoms with Gasteiger partial charge in [-0.25, -0.2) is 9.97 Å². The fraction of sp³-hybridized carbons (Fsp3) is 0.600. The van der Waals surface area contributed by atoms with Crippen LogP contribution in [0.4, 0.5) is 0 Å². The highest BCUT2D eigenvalue weighted by Crippen LogP contribution is 2.37. The molecule has 4 heterocycles. The van der Waals surface area contributed by atoms with Gasteiger partial charge >= 0.3 is 0 Å². The lowest BCUT2D eigenvalue weighted by atomic mass is 9.99. The van der Waals surface area contributed by atoms with Crippen molar-refractivity contribution in [3.63, 3.8) is 0 Å². The van der Waals surface area contributed by atoms with Crippen molar-refractivity contribution in [2.45, 2.75) is 43.6 Å². The second-order valence-electron chi connectivity index (χ2n) is 5.98. The van der Waals surface area contributed by atoms with Gasteiger partial charge in [0.05, 0.1) is 16.9 Å². The van der Waals surface area contributed by atoms with Gasteiger partial charge in [0.2, 0.25) is 0 Å². The third kappa shape index (κ3) is 2.24. The highest BCUT2D eigenvalue weighted by Gasteiger charge is 2.38. The third-order valence-corrected chi connectivity index (χ3v) is 5.29. The first-order valence-corrected chi connectivity index (χ1v) is 8.51. The number of fused-ring (bicyclic) bond motifs is 2. The summed E-state index contributed by atoms with van der Waals surface area (Å²) in [5, 5.41) is 0.624. The molecule has 6 heteroatoms. The molecule has 21 heavy (non-hydrogen) atoms. The van der Waals surface area contributed by atoms with Crippen molar-refractivity contribution in [2.75, 3.05) is 13.1 Å². The Morgan fingerprint density at radius 1 is 1.19 bits per heavy atom. The summed E-state index contributed by atoms with van der Waals surface area (Å²) in [5.74, 6) is 1.33. The van der Waals surface area contributed by atoms with E-state index >= 15 is 0 Å². The molecule has 2 aliphatic rings. The predicted molar refractivity (Wildman–Crippen MR) is 85.0 cm³/mol. The number of hydrogen-bond donors (Lipinski definition) is 0. The van der Waals surface area contributed by atoms with Crippen LogP contribution in [0, 0.1) is 0 Å². The van der Waals surface area contributed by atoms with Crippen LogP contribution in [0.2, 0.25) is 5.02 Å². The number of nitrogens with zero attached hydrogens (tertiary/aromatic N) is 4. The van der Waals surface area contributed by atoms with Crippen molar-refractivity contribution in [3.05, 3.63) is 23.1 Å². The Kier molecular flexibility index (Phi) is 3.56. The van der Waals surface area contributed by atoms with Gasteiger partial charge in [0.25, 0.3) is 0 Å². The van der Waals surface area contributed by atoms with E-state index in [1.165, 1.54) is 32.4 Å². The van der Waals surface area contributed by atoms with E-state index in [1.54, 1.807) is 6.20 Å². The van der Waals surface area contributed by atoms with Crippen LogP contribution < -0.4 is 0 Å². The van der Waals surface area contributed by atoms with Crippen molar-refractivity contribution < 1.29 is 0 Å². The second-order valence-corrected chi connectivity index (χ2v) is 6.69. The van der Waals surface area contributed by atoms with Gasteiger partial charge in [-0.3, -0.25) is 4.90 Å². The minimum absolute atomic E-state index is 0.414. The molecular weight excluding hydrogens is 307 g/mol. The maximum atomic E-state index is 6.14. The van der Waals surface area contributed by atoms with Gasteiger partial charge in [0, 0.05) is 18.8 Å². The zero-order valence-electron chi connectivity index (χ0n) is 11.8. The highest BCUT2D eigenvalue weighted by atomic mass is 35.5. The number of piperidine rings is 1. The number of aromatic nitrogens is 3. The molecule has 0 amide bonds. The molecule has 2 aliphatic heterocycles. The average molecular weight is 325 g/mol. The van der Waals surface area contributed by atoms with Crippen LogP contribution in [0.5, 0.6) is 0 Å². The standard InChI is InChI=1S/C15H18Cl2N4/c16-8-14-19-11-7-10(17)9-18-15(11)21(14)13-4-6-20-5-2-1-3-12(13)20/h7,9,12-13H,1-6,8H2. The van der Waals surface area contributed by atoms with Gasteiger partial charge in [-0.2, -0.15) is 0 Å². The Bertz CT molecular complexity index is 669. The number of rotatable bonds is 2. The smallest absolute Gasteiger partial charge is 0.160 e. The first-order chi connectivity index (χ1) is 10.3. The first kappa shape index (κ1) is 13.8. The minimum atomic E-state index is 0.414. The molecule has 112 valence electrons. The molecular formula is C15H18Cl2N4. The Labute approximate surface area is 134 Å². The summed E-state index contributed by atoms with van der Waals surface area (Å²) in [6.07, 6.45) is 6.77. The van der Waals surface area contributed by atoms with Gasteiger partial charge < -0.3 is 4.57 Å². The summed E-state index contributed by atoms with van der Waals surface area (Å²) < 4.78 is 2.27. The Hall–Kier alpha value is -0.840. The van der Waals surface area contributed by atoms with Crippen molar-refractivity contribution >= 4 is 34.4 Å². The predicted octanol–water partition coefficient (Wildman–Crippen LogP) is 3.62. The van der Waals surface area contributed by atoms with E-state index in [9.17, 15) is 0 Å². The van der Waals surface area contributed by atoms with E-state index in [0.717, 1.165) is 23.4 Å². The normalized spacial score (nSPS) is 26.4. The zero-order chi connectivity index (χ0) is 14.4. The molecule has 0 radical (unpaired) electrons. The van der Waals surface area contributed by atoms with Crippen LogP contribution in [0.3, 0.4) is 0 Å². The van der Waals surface area contributed by atoms with Crippen LogP contribution in [0.15, 0.2) is 12.3 Å². The Morgan fingerprint density at radius 3 is 2.95 bits per heavy atom. The fourth-order valence-corrected chi connectivity index (χ4v) is 4.31. The lowest BCUT2D eigenvalue weighted by molar-refractivity contribution is 0.173. The fourth-order valence-electron chi connectivity index (χ4n) is 3.97. The molecule has 0 bridgehead atoms. The van der Waals surface area contributed by atoms with Gasteiger partial charge in [-0.05, 0) is 31.9 Å². The van der Waals surface area contributed by atoms with Crippen molar-refractivity contribution in [1.29, 1.82) is 0 Å². The van der Waals surface area contributed by atoms with E-state index in [-0.39, 0.29) is 0 Å². The Balaban J connectivity index is 1.81. The van der Waals surface area contributed by atoms with Crippen LogP contribution in [0.1, 0.15) is 37.5 Å². The number of imidazole rings is 1. The molecule has 0 aromatic carbocycles. The van der Waals surface area contributed by atoms with Crippen molar-refractivity contribution in [1.82, 2.24) is 19.4 Å². The number of hydrogen-bond acceptors (Lipinski definition) is 3. The SMILES string of the molecule is ClCc1nc2cc(Cl)cnc2n1C1CCN2CCCCC12.